The summed E-state index contributed by atoms with van der Waals surface area (Å²) in [7, 11) is 0. The number of halogens is 1. The SMILES string of the molecule is Cc1cn(C(=O)Nc2ccc(Cl)cc2)cn1. The van der Waals surface area contributed by atoms with Gasteiger partial charge in [0.1, 0.15) is 6.33 Å². The predicted octanol–water partition coefficient (Wildman–Crippen LogP) is 2.93. The topological polar surface area (TPSA) is 46.9 Å². The Balaban J connectivity index is 2.10. The minimum Gasteiger partial charge on any atom is -0.307 e. The average Bonchev–Trinajstić information content (AvgIpc) is 2.68. The van der Waals surface area contributed by atoms with Crippen LogP contribution in [-0.2, 0) is 0 Å². The lowest BCUT2D eigenvalue weighted by Gasteiger charge is -2.04. The molecule has 1 amide bonds. The molecule has 0 radical (unpaired) electrons. The van der Waals surface area contributed by atoms with Crippen LogP contribution < -0.4 is 5.32 Å². The first-order chi connectivity index (χ1) is 7.65. The normalized spacial score (nSPS) is 10.1. The summed E-state index contributed by atoms with van der Waals surface area (Å²) in [4.78, 5) is 15.7. The molecular weight excluding hydrogens is 226 g/mol. The van der Waals surface area contributed by atoms with Crippen LogP contribution in [0.2, 0.25) is 5.02 Å². The van der Waals surface area contributed by atoms with Crippen molar-refractivity contribution in [1.82, 2.24) is 9.55 Å². The third-order valence-electron chi connectivity index (χ3n) is 2.04. The maximum Gasteiger partial charge on any atom is 0.331 e. The summed E-state index contributed by atoms with van der Waals surface area (Å²) in [5.41, 5.74) is 1.49. The lowest BCUT2D eigenvalue weighted by atomic mass is 10.3. The minimum atomic E-state index is -0.247. The number of carbonyl (C=O) groups is 1. The van der Waals surface area contributed by atoms with Gasteiger partial charge in [0, 0.05) is 16.9 Å². The summed E-state index contributed by atoms with van der Waals surface area (Å²) in [6.45, 7) is 1.83. The molecule has 5 heteroatoms. The number of hydrogen-bond acceptors (Lipinski definition) is 2. The van der Waals surface area contributed by atoms with Gasteiger partial charge in [0.25, 0.3) is 0 Å². The number of nitrogens with one attached hydrogen (secondary N) is 1. The van der Waals surface area contributed by atoms with E-state index in [1.54, 1.807) is 30.5 Å². The highest BCUT2D eigenvalue weighted by Gasteiger charge is 2.04. The number of nitrogens with zero attached hydrogens (tertiary/aromatic N) is 2. The number of amides is 1. The van der Waals surface area contributed by atoms with Gasteiger partial charge in [-0.1, -0.05) is 11.6 Å². The number of carbonyl (C=O) groups excluding carboxylic acids is 1. The zero-order valence-corrected chi connectivity index (χ0v) is 9.40. The number of aromatic nitrogens is 2. The molecule has 2 rings (SSSR count). The van der Waals surface area contributed by atoms with Crippen molar-refractivity contribution in [3.05, 3.63) is 47.5 Å². The van der Waals surface area contributed by atoms with Gasteiger partial charge in [0.2, 0.25) is 0 Å². The molecule has 0 spiro atoms. The smallest absolute Gasteiger partial charge is 0.307 e. The zero-order valence-electron chi connectivity index (χ0n) is 8.64. The van der Waals surface area contributed by atoms with Crippen LogP contribution in [-0.4, -0.2) is 15.6 Å². The molecule has 0 saturated heterocycles. The zero-order chi connectivity index (χ0) is 11.5. The van der Waals surface area contributed by atoms with Gasteiger partial charge < -0.3 is 5.32 Å². The van der Waals surface area contributed by atoms with Crippen molar-refractivity contribution in [3.63, 3.8) is 0 Å². The second kappa shape index (κ2) is 4.37. The van der Waals surface area contributed by atoms with E-state index in [1.807, 2.05) is 6.92 Å². The molecule has 0 aliphatic rings. The maximum atomic E-state index is 11.7. The highest BCUT2D eigenvalue weighted by atomic mass is 35.5. The number of rotatable bonds is 1. The molecule has 0 saturated carbocycles. The molecule has 1 aromatic heterocycles. The molecular formula is C11H10ClN3O. The Labute approximate surface area is 97.9 Å². The summed E-state index contributed by atoms with van der Waals surface area (Å²) >= 11 is 5.74. The molecule has 0 bridgehead atoms. The molecule has 16 heavy (non-hydrogen) atoms. The first-order valence-corrected chi connectivity index (χ1v) is 5.10. The van der Waals surface area contributed by atoms with E-state index in [0.29, 0.717) is 10.7 Å². The van der Waals surface area contributed by atoms with Crippen molar-refractivity contribution >= 4 is 23.3 Å². The largest absolute Gasteiger partial charge is 0.331 e. The first kappa shape index (κ1) is 10.7. The highest BCUT2D eigenvalue weighted by molar-refractivity contribution is 6.30. The molecule has 1 aromatic carbocycles. The van der Waals surface area contributed by atoms with Gasteiger partial charge in [-0.05, 0) is 31.2 Å². The van der Waals surface area contributed by atoms with Crippen LogP contribution in [0.25, 0.3) is 0 Å². The predicted molar refractivity (Wildman–Crippen MR) is 62.8 cm³/mol. The molecule has 0 fully saturated rings. The Bertz CT molecular complexity index is 504. The maximum absolute atomic E-state index is 11.7. The Kier molecular flexibility index (Phi) is 2.92. The van der Waals surface area contributed by atoms with Gasteiger partial charge in [-0.2, -0.15) is 0 Å². The van der Waals surface area contributed by atoms with E-state index < -0.39 is 0 Å². The fraction of sp³-hybridized carbons (Fsp3) is 0.0909. The van der Waals surface area contributed by atoms with Crippen LogP contribution in [0.3, 0.4) is 0 Å². The molecule has 82 valence electrons. The fourth-order valence-corrected chi connectivity index (χ4v) is 1.38. The number of benzene rings is 1. The van der Waals surface area contributed by atoms with E-state index in [2.05, 4.69) is 10.3 Å². The second-order valence-electron chi connectivity index (χ2n) is 3.36. The van der Waals surface area contributed by atoms with Crippen molar-refractivity contribution in [2.24, 2.45) is 0 Å². The van der Waals surface area contributed by atoms with Crippen LogP contribution in [0.4, 0.5) is 10.5 Å². The average molecular weight is 236 g/mol. The van der Waals surface area contributed by atoms with E-state index in [9.17, 15) is 4.79 Å². The van der Waals surface area contributed by atoms with Gasteiger partial charge in [0.05, 0.1) is 5.69 Å². The number of hydrogen-bond donors (Lipinski definition) is 1. The van der Waals surface area contributed by atoms with Crippen LogP contribution in [0.15, 0.2) is 36.8 Å². The Morgan fingerprint density at radius 3 is 2.62 bits per heavy atom. The van der Waals surface area contributed by atoms with Gasteiger partial charge in [-0.3, -0.25) is 4.57 Å². The Morgan fingerprint density at radius 1 is 1.38 bits per heavy atom. The molecule has 1 heterocycles. The Hall–Kier alpha value is -1.81. The van der Waals surface area contributed by atoms with E-state index in [0.717, 1.165) is 5.69 Å². The first-order valence-electron chi connectivity index (χ1n) is 4.72. The monoisotopic (exact) mass is 235 g/mol. The van der Waals surface area contributed by atoms with Gasteiger partial charge in [-0.15, -0.1) is 0 Å². The third-order valence-corrected chi connectivity index (χ3v) is 2.29. The molecule has 0 unspecified atom stereocenters. The summed E-state index contributed by atoms with van der Waals surface area (Å²) < 4.78 is 1.39. The molecule has 0 aliphatic heterocycles. The second-order valence-corrected chi connectivity index (χ2v) is 3.80. The van der Waals surface area contributed by atoms with E-state index >= 15 is 0 Å². The van der Waals surface area contributed by atoms with Crippen molar-refractivity contribution < 1.29 is 4.79 Å². The fourth-order valence-electron chi connectivity index (χ4n) is 1.25. The lowest BCUT2D eigenvalue weighted by molar-refractivity contribution is 0.253. The van der Waals surface area contributed by atoms with Gasteiger partial charge >= 0.3 is 6.03 Å². The van der Waals surface area contributed by atoms with Crippen molar-refractivity contribution in [2.75, 3.05) is 5.32 Å². The lowest BCUT2D eigenvalue weighted by Crippen LogP contribution is -2.17. The molecule has 0 atom stereocenters. The third kappa shape index (κ3) is 2.41. The van der Waals surface area contributed by atoms with Crippen molar-refractivity contribution in [1.29, 1.82) is 0 Å². The van der Waals surface area contributed by atoms with Crippen LogP contribution in [0.1, 0.15) is 5.69 Å². The quantitative estimate of drug-likeness (QED) is 0.826. The van der Waals surface area contributed by atoms with E-state index in [4.69, 9.17) is 11.6 Å². The van der Waals surface area contributed by atoms with Crippen molar-refractivity contribution in [3.8, 4) is 0 Å². The highest BCUT2D eigenvalue weighted by Crippen LogP contribution is 2.13. The van der Waals surface area contributed by atoms with Gasteiger partial charge in [-0.25, -0.2) is 9.78 Å². The summed E-state index contributed by atoms with van der Waals surface area (Å²) in [5, 5.41) is 3.36. The summed E-state index contributed by atoms with van der Waals surface area (Å²) in [6.07, 6.45) is 3.13. The van der Waals surface area contributed by atoms with E-state index in [1.165, 1.54) is 10.9 Å². The number of aryl methyl sites for hydroxylation is 1. The van der Waals surface area contributed by atoms with Crippen LogP contribution in [0, 0.1) is 6.92 Å². The van der Waals surface area contributed by atoms with Crippen molar-refractivity contribution in [2.45, 2.75) is 6.92 Å². The molecule has 1 N–H and O–H groups in total. The summed E-state index contributed by atoms with van der Waals surface area (Å²) in [6, 6.07) is 6.67. The molecule has 0 aliphatic carbocycles. The van der Waals surface area contributed by atoms with E-state index in [-0.39, 0.29) is 6.03 Å². The van der Waals surface area contributed by atoms with Gasteiger partial charge in [0.15, 0.2) is 0 Å². The number of imidazole rings is 1. The standard InChI is InChI=1S/C11H10ClN3O/c1-8-6-15(7-13-8)11(16)14-10-4-2-9(12)3-5-10/h2-7H,1H3,(H,14,16). The number of anilines is 1. The molecule has 2 aromatic rings. The van der Waals surface area contributed by atoms with Crippen LogP contribution in [0.5, 0.6) is 0 Å². The minimum absolute atomic E-state index is 0.247. The molecule has 4 nitrogen and oxygen atoms in total. The van der Waals surface area contributed by atoms with Crippen LogP contribution >= 0.6 is 11.6 Å². The Morgan fingerprint density at radius 2 is 2.06 bits per heavy atom. The summed E-state index contributed by atoms with van der Waals surface area (Å²) in [5.74, 6) is 0.